The van der Waals surface area contributed by atoms with E-state index in [0.29, 0.717) is 5.88 Å². The summed E-state index contributed by atoms with van der Waals surface area (Å²) in [4.78, 5) is 4.53. The zero-order chi connectivity index (χ0) is 11.0. The van der Waals surface area contributed by atoms with Gasteiger partial charge in [-0.2, -0.15) is 0 Å². The number of rotatable bonds is 2. The van der Waals surface area contributed by atoms with Gasteiger partial charge in [-0.1, -0.05) is 0 Å². The molecule has 0 fully saturated rings. The predicted octanol–water partition coefficient (Wildman–Crippen LogP) is 3.41. The van der Waals surface area contributed by atoms with Crippen molar-refractivity contribution in [1.82, 2.24) is 9.55 Å². The smallest absolute Gasteiger partial charge is 0.124 e. The van der Waals surface area contributed by atoms with Gasteiger partial charge in [0.1, 0.15) is 5.82 Å². The standard InChI is InChI=1S/C12H15ClN2/c1-4-15-11-6-9(3)8(2)5-10(11)14-12(15)7-13/h5-6H,4,7H2,1-3H3. The summed E-state index contributed by atoms with van der Waals surface area (Å²) >= 11 is 5.88. The van der Waals surface area contributed by atoms with Gasteiger partial charge in [-0.15, -0.1) is 11.6 Å². The van der Waals surface area contributed by atoms with Crippen molar-refractivity contribution in [2.45, 2.75) is 33.2 Å². The molecule has 15 heavy (non-hydrogen) atoms. The molecule has 0 N–H and O–H groups in total. The first kappa shape index (κ1) is 10.5. The molecular weight excluding hydrogens is 208 g/mol. The molecule has 2 nitrogen and oxygen atoms in total. The predicted molar refractivity (Wildman–Crippen MR) is 64.4 cm³/mol. The first-order chi connectivity index (χ1) is 7.17. The number of aromatic nitrogens is 2. The number of hydrogen-bond donors (Lipinski definition) is 0. The third-order valence-electron chi connectivity index (χ3n) is 2.88. The van der Waals surface area contributed by atoms with Gasteiger partial charge in [0.2, 0.25) is 0 Å². The zero-order valence-corrected chi connectivity index (χ0v) is 10.1. The van der Waals surface area contributed by atoms with Crippen molar-refractivity contribution in [3.05, 3.63) is 29.1 Å². The number of benzene rings is 1. The van der Waals surface area contributed by atoms with Gasteiger partial charge in [0, 0.05) is 6.54 Å². The summed E-state index contributed by atoms with van der Waals surface area (Å²) in [5.41, 5.74) is 4.83. The lowest BCUT2D eigenvalue weighted by Gasteiger charge is -2.04. The molecule has 0 bridgehead atoms. The summed E-state index contributed by atoms with van der Waals surface area (Å²) in [7, 11) is 0. The fraction of sp³-hybridized carbons (Fsp3) is 0.417. The summed E-state index contributed by atoms with van der Waals surface area (Å²) in [6.45, 7) is 7.27. The molecular formula is C12H15ClN2. The third kappa shape index (κ3) is 1.63. The summed E-state index contributed by atoms with van der Waals surface area (Å²) in [5, 5.41) is 0. The monoisotopic (exact) mass is 222 g/mol. The molecule has 0 saturated heterocycles. The van der Waals surface area contributed by atoms with Crippen molar-refractivity contribution in [1.29, 1.82) is 0 Å². The van der Waals surface area contributed by atoms with E-state index in [4.69, 9.17) is 11.6 Å². The second-order valence-corrected chi connectivity index (χ2v) is 4.10. The molecule has 0 aliphatic rings. The lowest BCUT2D eigenvalue weighted by molar-refractivity contribution is 0.747. The molecule has 2 rings (SSSR count). The van der Waals surface area contributed by atoms with Crippen LogP contribution in [0, 0.1) is 13.8 Å². The highest BCUT2D eigenvalue weighted by atomic mass is 35.5. The van der Waals surface area contributed by atoms with Crippen molar-refractivity contribution >= 4 is 22.6 Å². The Labute approximate surface area is 94.9 Å². The van der Waals surface area contributed by atoms with Crippen LogP contribution in [0.4, 0.5) is 0 Å². The van der Waals surface area contributed by atoms with Gasteiger partial charge in [-0.05, 0) is 44.0 Å². The molecule has 2 aromatic rings. The highest BCUT2D eigenvalue weighted by Gasteiger charge is 2.09. The number of fused-ring (bicyclic) bond motifs is 1. The Balaban J connectivity index is 2.77. The SMILES string of the molecule is CCn1c(CCl)nc2cc(C)c(C)cc21. The molecule has 0 radical (unpaired) electrons. The molecule has 0 aliphatic heterocycles. The highest BCUT2D eigenvalue weighted by molar-refractivity contribution is 6.16. The van der Waals surface area contributed by atoms with Crippen LogP contribution in [0.5, 0.6) is 0 Å². The quantitative estimate of drug-likeness (QED) is 0.712. The number of alkyl halides is 1. The lowest BCUT2D eigenvalue weighted by atomic mass is 10.1. The van der Waals surface area contributed by atoms with E-state index in [9.17, 15) is 0 Å². The number of nitrogens with zero attached hydrogens (tertiary/aromatic N) is 2. The minimum Gasteiger partial charge on any atom is -0.327 e. The maximum Gasteiger partial charge on any atom is 0.124 e. The number of hydrogen-bond acceptors (Lipinski definition) is 1. The van der Waals surface area contributed by atoms with Crippen molar-refractivity contribution in [3.8, 4) is 0 Å². The Morgan fingerprint density at radius 1 is 1.27 bits per heavy atom. The normalized spacial score (nSPS) is 11.2. The van der Waals surface area contributed by atoms with Gasteiger partial charge in [-0.3, -0.25) is 0 Å². The molecule has 1 aromatic carbocycles. The molecule has 0 spiro atoms. The molecule has 0 unspecified atom stereocenters. The van der Waals surface area contributed by atoms with Crippen LogP contribution >= 0.6 is 11.6 Å². The Bertz CT molecular complexity index is 500. The number of halogens is 1. The van der Waals surface area contributed by atoms with Crippen molar-refractivity contribution in [2.24, 2.45) is 0 Å². The Morgan fingerprint density at radius 3 is 2.53 bits per heavy atom. The zero-order valence-electron chi connectivity index (χ0n) is 9.34. The fourth-order valence-electron chi connectivity index (χ4n) is 1.88. The van der Waals surface area contributed by atoms with Crippen LogP contribution < -0.4 is 0 Å². The van der Waals surface area contributed by atoms with Crippen molar-refractivity contribution in [3.63, 3.8) is 0 Å². The van der Waals surface area contributed by atoms with E-state index < -0.39 is 0 Å². The summed E-state index contributed by atoms with van der Waals surface area (Å²) in [6.07, 6.45) is 0. The molecule has 3 heteroatoms. The van der Waals surface area contributed by atoms with Gasteiger partial charge in [0.25, 0.3) is 0 Å². The number of imidazole rings is 1. The van der Waals surface area contributed by atoms with Crippen molar-refractivity contribution in [2.75, 3.05) is 0 Å². The van der Waals surface area contributed by atoms with Crippen LogP contribution in [0.1, 0.15) is 23.9 Å². The second-order valence-electron chi connectivity index (χ2n) is 3.83. The van der Waals surface area contributed by atoms with E-state index in [1.54, 1.807) is 0 Å². The Hall–Kier alpha value is -1.02. The first-order valence-electron chi connectivity index (χ1n) is 5.19. The van der Waals surface area contributed by atoms with Crippen LogP contribution in [-0.2, 0) is 12.4 Å². The maximum atomic E-state index is 5.88. The number of aryl methyl sites for hydroxylation is 3. The van der Waals surface area contributed by atoms with Gasteiger partial charge in [0.05, 0.1) is 16.9 Å². The minimum absolute atomic E-state index is 0.473. The summed E-state index contributed by atoms with van der Waals surface area (Å²) < 4.78 is 2.18. The topological polar surface area (TPSA) is 17.8 Å². The van der Waals surface area contributed by atoms with Gasteiger partial charge in [-0.25, -0.2) is 4.98 Å². The van der Waals surface area contributed by atoms with E-state index in [1.807, 2.05) is 0 Å². The average molecular weight is 223 g/mol. The molecule has 80 valence electrons. The molecule has 0 amide bonds. The molecule has 1 heterocycles. The molecule has 0 saturated carbocycles. The molecule has 0 aliphatic carbocycles. The van der Waals surface area contributed by atoms with Crippen LogP contribution in [0.3, 0.4) is 0 Å². The fourth-order valence-corrected chi connectivity index (χ4v) is 2.09. The largest absolute Gasteiger partial charge is 0.327 e. The summed E-state index contributed by atoms with van der Waals surface area (Å²) in [6, 6.07) is 4.32. The van der Waals surface area contributed by atoms with E-state index in [1.165, 1.54) is 16.6 Å². The van der Waals surface area contributed by atoms with E-state index >= 15 is 0 Å². The van der Waals surface area contributed by atoms with E-state index in [2.05, 4.69) is 42.5 Å². The van der Waals surface area contributed by atoms with Gasteiger partial charge in [0.15, 0.2) is 0 Å². The van der Waals surface area contributed by atoms with Crippen LogP contribution in [0.2, 0.25) is 0 Å². The van der Waals surface area contributed by atoms with Crippen molar-refractivity contribution < 1.29 is 0 Å². The molecule has 1 aromatic heterocycles. The lowest BCUT2D eigenvalue weighted by Crippen LogP contribution is -1.99. The maximum absolute atomic E-state index is 5.88. The van der Waals surface area contributed by atoms with Crippen LogP contribution in [0.15, 0.2) is 12.1 Å². The van der Waals surface area contributed by atoms with E-state index in [0.717, 1.165) is 17.9 Å². The van der Waals surface area contributed by atoms with Crippen LogP contribution in [0.25, 0.3) is 11.0 Å². The summed E-state index contributed by atoms with van der Waals surface area (Å²) in [5.74, 6) is 1.43. The minimum atomic E-state index is 0.473. The first-order valence-corrected chi connectivity index (χ1v) is 5.73. The Morgan fingerprint density at radius 2 is 1.93 bits per heavy atom. The second kappa shape index (κ2) is 3.86. The molecule has 0 atom stereocenters. The third-order valence-corrected chi connectivity index (χ3v) is 3.12. The van der Waals surface area contributed by atoms with Gasteiger partial charge >= 0.3 is 0 Å². The van der Waals surface area contributed by atoms with E-state index in [-0.39, 0.29) is 0 Å². The average Bonchev–Trinajstić information content (AvgIpc) is 2.56. The Kier molecular flexibility index (Phi) is 2.70. The van der Waals surface area contributed by atoms with Gasteiger partial charge < -0.3 is 4.57 Å². The highest BCUT2D eigenvalue weighted by Crippen LogP contribution is 2.21. The van der Waals surface area contributed by atoms with Crippen LogP contribution in [-0.4, -0.2) is 9.55 Å².